The second-order valence-corrected chi connectivity index (χ2v) is 10.8. The largest absolute Gasteiger partial charge is 0.477 e. The molecule has 0 bridgehead atoms. The first-order valence-electron chi connectivity index (χ1n) is 11.5. The number of nitrogens with zero attached hydrogens (tertiary/aromatic N) is 1. The van der Waals surface area contributed by atoms with E-state index in [0.717, 1.165) is 9.78 Å². The van der Waals surface area contributed by atoms with Gasteiger partial charge in [0.25, 0.3) is 11.6 Å². The Balaban J connectivity index is 0.000000307. The average Bonchev–Trinajstić information content (AvgIpc) is 3.52. The molecule has 18 heteroatoms. The molecular weight excluding hydrogens is 578 g/mol. The Labute approximate surface area is 234 Å². The van der Waals surface area contributed by atoms with Crippen LogP contribution in [0.3, 0.4) is 0 Å². The number of carboxylic acids is 1. The monoisotopic (exact) mass is 607 g/mol. The molecule has 0 aromatic carbocycles. The van der Waals surface area contributed by atoms with Crippen LogP contribution in [0.5, 0.6) is 0 Å². The van der Waals surface area contributed by atoms with Crippen LogP contribution in [0.25, 0.3) is 0 Å². The molecule has 0 radical (unpaired) electrons. The number of aliphatic hydroxyl groups excluding tert-OH is 4. The van der Waals surface area contributed by atoms with Crippen LogP contribution < -0.4 is 11.1 Å². The van der Waals surface area contributed by atoms with Gasteiger partial charge in [-0.2, -0.15) is 0 Å². The molecule has 3 aliphatic heterocycles. The number of hydrogen-bond acceptors (Lipinski definition) is 14. The molecule has 40 heavy (non-hydrogen) atoms. The van der Waals surface area contributed by atoms with Crippen molar-refractivity contribution in [1.82, 2.24) is 10.2 Å². The van der Waals surface area contributed by atoms with Crippen LogP contribution >= 0.6 is 23.1 Å². The van der Waals surface area contributed by atoms with Gasteiger partial charge in [-0.25, -0.2) is 9.59 Å². The quantitative estimate of drug-likeness (QED) is 0.102. The zero-order valence-electron chi connectivity index (χ0n) is 21.0. The lowest BCUT2D eigenvalue weighted by molar-refractivity contribution is -0.248. The van der Waals surface area contributed by atoms with Crippen LogP contribution in [0.1, 0.15) is 4.88 Å². The second-order valence-electron chi connectivity index (χ2n) is 8.72. The number of fused-ring (bicyclic) bond motifs is 1. The van der Waals surface area contributed by atoms with Gasteiger partial charge >= 0.3 is 12.1 Å². The standard InChI is InChI=1S/C16H17N3O7S2.C6H12O6/c1-25-16(18-10(20)5-9-3-2-4-27-9)13(23)19-11(12(21)22)8(6-26-15(17)24)7-28-14(16)19;7-1-3-4(9)5(10)6(11,2-8)12-3/h2-4,14H,5-7H2,1H3,(H2,17,24)(H,18,20)(H,21,22);3-5,7-11H,1-2H2/t14-,16+;3-,4-,5+,6-/m11/s1. The minimum atomic E-state index is -2.16. The number of methoxy groups -OCH3 is 1. The first kappa shape index (κ1) is 31.7. The van der Waals surface area contributed by atoms with E-state index in [-0.39, 0.29) is 30.1 Å². The number of rotatable bonds is 9. The lowest BCUT2D eigenvalue weighted by atomic mass is 9.98. The lowest BCUT2D eigenvalue weighted by Gasteiger charge is -2.55. The number of nitrogens with two attached hydrogens (primary N) is 1. The van der Waals surface area contributed by atoms with Crippen LogP contribution in [0.15, 0.2) is 28.8 Å². The van der Waals surface area contributed by atoms with Gasteiger partial charge in [-0.05, 0) is 11.4 Å². The maximum Gasteiger partial charge on any atom is 0.404 e. The maximum absolute atomic E-state index is 12.8. The smallest absolute Gasteiger partial charge is 0.404 e. The summed E-state index contributed by atoms with van der Waals surface area (Å²) in [7, 11) is 1.27. The molecule has 0 saturated carbocycles. The van der Waals surface area contributed by atoms with Crippen LogP contribution in [-0.2, 0) is 35.0 Å². The third-order valence-electron chi connectivity index (χ3n) is 6.19. The van der Waals surface area contributed by atoms with Gasteiger partial charge in [-0.1, -0.05) is 6.07 Å². The van der Waals surface area contributed by atoms with Gasteiger partial charge in [0.15, 0.2) is 0 Å². The Morgan fingerprint density at radius 2 is 2.00 bits per heavy atom. The highest BCUT2D eigenvalue weighted by Gasteiger charge is 2.66. The Morgan fingerprint density at radius 1 is 1.30 bits per heavy atom. The van der Waals surface area contributed by atoms with E-state index in [2.05, 4.69) is 14.8 Å². The summed E-state index contributed by atoms with van der Waals surface area (Å²) in [5, 5.41) is 57.9. The maximum atomic E-state index is 12.8. The molecule has 1 aromatic heterocycles. The fraction of sp³-hybridized carbons (Fsp3) is 0.545. The number of aliphatic carboxylic acids is 1. The van der Waals surface area contributed by atoms with Gasteiger partial charge in [0, 0.05) is 23.3 Å². The van der Waals surface area contributed by atoms with Gasteiger partial charge in [0.2, 0.25) is 11.7 Å². The van der Waals surface area contributed by atoms with E-state index in [9.17, 15) is 29.4 Å². The minimum Gasteiger partial charge on any atom is -0.477 e. The number of aliphatic hydroxyl groups is 5. The van der Waals surface area contributed by atoms with E-state index in [4.69, 9.17) is 30.9 Å². The molecular formula is C22H29N3O13S2. The normalized spacial score (nSPS) is 31.1. The molecule has 2 fully saturated rings. The molecule has 3 amide bonds. The van der Waals surface area contributed by atoms with Crippen molar-refractivity contribution in [3.8, 4) is 0 Å². The molecule has 3 aliphatic rings. The van der Waals surface area contributed by atoms with Crippen molar-refractivity contribution in [2.24, 2.45) is 5.73 Å². The number of carbonyl (C=O) groups excluding carboxylic acids is 3. The second kappa shape index (κ2) is 12.8. The van der Waals surface area contributed by atoms with E-state index < -0.39 is 72.3 Å². The van der Waals surface area contributed by atoms with Gasteiger partial charge in [0.05, 0.1) is 19.6 Å². The van der Waals surface area contributed by atoms with E-state index in [1.54, 1.807) is 6.07 Å². The Hall–Kier alpha value is -2.81. The summed E-state index contributed by atoms with van der Waals surface area (Å²) in [5.74, 6) is -4.47. The number of amides is 3. The predicted octanol–water partition coefficient (Wildman–Crippen LogP) is -3.12. The van der Waals surface area contributed by atoms with E-state index in [0.29, 0.717) is 0 Å². The molecule has 6 atom stereocenters. The first-order chi connectivity index (χ1) is 18.8. The van der Waals surface area contributed by atoms with Crippen molar-refractivity contribution in [2.45, 2.75) is 41.6 Å². The third-order valence-corrected chi connectivity index (χ3v) is 8.44. The molecule has 222 valence electrons. The molecule has 4 heterocycles. The molecule has 0 unspecified atom stereocenters. The van der Waals surface area contributed by atoms with Gasteiger partial charge in [-0.15, -0.1) is 23.1 Å². The lowest BCUT2D eigenvalue weighted by Crippen LogP contribution is -2.80. The number of ether oxygens (including phenoxy) is 3. The van der Waals surface area contributed by atoms with Crippen molar-refractivity contribution in [1.29, 1.82) is 0 Å². The van der Waals surface area contributed by atoms with Gasteiger partial charge in [-0.3, -0.25) is 14.5 Å². The number of β-lactam (4-membered cyclic amide) rings is 1. The number of hydrogen-bond donors (Lipinski definition) is 8. The molecule has 2 saturated heterocycles. The summed E-state index contributed by atoms with van der Waals surface area (Å²) in [6.07, 6.45) is -5.01. The predicted molar refractivity (Wildman–Crippen MR) is 135 cm³/mol. The Kier molecular flexibility index (Phi) is 10.1. The van der Waals surface area contributed by atoms with Crippen LogP contribution in [0.4, 0.5) is 4.79 Å². The summed E-state index contributed by atoms with van der Waals surface area (Å²) < 4.78 is 14.6. The fourth-order valence-electron chi connectivity index (χ4n) is 4.18. The van der Waals surface area contributed by atoms with Crippen molar-refractivity contribution in [2.75, 3.05) is 32.7 Å². The number of nitrogens with one attached hydrogen (secondary N) is 1. The number of thioether (sulfide) groups is 1. The van der Waals surface area contributed by atoms with Crippen molar-refractivity contribution < 1.29 is 64.0 Å². The van der Waals surface area contributed by atoms with E-state index in [1.807, 2.05) is 11.4 Å². The zero-order valence-corrected chi connectivity index (χ0v) is 22.6. The summed E-state index contributed by atoms with van der Waals surface area (Å²) in [5.41, 5.74) is 3.20. The fourth-order valence-corrected chi connectivity index (χ4v) is 6.31. The van der Waals surface area contributed by atoms with Crippen molar-refractivity contribution in [3.05, 3.63) is 33.7 Å². The van der Waals surface area contributed by atoms with Crippen LogP contribution in [0.2, 0.25) is 0 Å². The topological polar surface area (TPSA) is 259 Å². The molecule has 9 N–H and O–H groups in total. The highest BCUT2D eigenvalue weighted by Crippen LogP contribution is 2.46. The van der Waals surface area contributed by atoms with E-state index in [1.165, 1.54) is 30.2 Å². The molecule has 1 aromatic rings. The van der Waals surface area contributed by atoms with Crippen LogP contribution in [0, 0.1) is 0 Å². The van der Waals surface area contributed by atoms with Gasteiger partial charge < -0.3 is 55.9 Å². The molecule has 0 spiro atoms. The first-order valence-corrected chi connectivity index (χ1v) is 13.5. The zero-order chi connectivity index (χ0) is 29.8. The summed E-state index contributed by atoms with van der Waals surface area (Å²) in [6.45, 7) is -1.70. The van der Waals surface area contributed by atoms with Crippen LogP contribution in [-0.4, -0.2) is 127 Å². The summed E-state index contributed by atoms with van der Waals surface area (Å²) >= 11 is 2.60. The molecule has 16 nitrogen and oxygen atoms in total. The summed E-state index contributed by atoms with van der Waals surface area (Å²) in [4.78, 5) is 49.6. The number of thiophene rings is 1. The molecule has 0 aliphatic carbocycles. The number of carboxylic acid groups (broad SMARTS) is 1. The third kappa shape index (κ3) is 6.09. The average molecular weight is 608 g/mol. The summed E-state index contributed by atoms with van der Waals surface area (Å²) in [6, 6.07) is 3.61. The minimum absolute atomic E-state index is 0.0762. The Bertz CT molecular complexity index is 1150. The van der Waals surface area contributed by atoms with Crippen molar-refractivity contribution in [3.63, 3.8) is 0 Å². The molecule has 4 rings (SSSR count). The van der Waals surface area contributed by atoms with Gasteiger partial charge in [0.1, 0.15) is 36.0 Å². The van der Waals surface area contributed by atoms with E-state index >= 15 is 0 Å². The highest BCUT2D eigenvalue weighted by atomic mass is 32.2. The SMILES string of the molecule is CO[C@@]1(NC(=O)Cc2cccs2)C(=O)N2C(C(=O)O)=C(COC(N)=O)CS[C@@H]21.OC[C@H]1O[C@](O)(CO)[C@@H](O)[C@@H]1O. The Morgan fingerprint density at radius 3 is 2.48 bits per heavy atom. The highest BCUT2D eigenvalue weighted by molar-refractivity contribution is 8.00. The number of carbonyl (C=O) groups is 4. The number of primary amides is 1. The van der Waals surface area contributed by atoms with Crippen molar-refractivity contribution >= 4 is 47.0 Å².